The zero-order valence-corrected chi connectivity index (χ0v) is 10.4. The Morgan fingerprint density at radius 1 is 1.38 bits per heavy atom. The van der Waals surface area contributed by atoms with Crippen molar-refractivity contribution in [3.8, 4) is 0 Å². The van der Waals surface area contributed by atoms with Crippen molar-refractivity contribution in [1.29, 1.82) is 0 Å². The van der Waals surface area contributed by atoms with E-state index in [-0.39, 0.29) is 10.8 Å². The summed E-state index contributed by atoms with van der Waals surface area (Å²) < 4.78 is 22.7. The summed E-state index contributed by atoms with van der Waals surface area (Å²) in [7, 11) is -3.24. The highest BCUT2D eigenvalue weighted by Gasteiger charge is 2.10. The van der Waals surface area contributed by atoms with Crippen LogP contribution in [0.1, 0.15) is 18.9 Å². The summed E-state index contributed by atoms with van der Waals surface area (Å²) in [6, 6.07) is 4.70. The van der Waals surface area contributed by atoms with Crippen molar-refractivity contribution in [3.63, 3.8) is 0 Å². The molecule has 16 heavy (non-hydrogen) atoms. The van der Waals surface area contributed by atoms with Crippen LogP contribution < -0.4 is 5.32 Å². The average molecular weight is 241 g/mol. The third kappa shape index (κ3) is 3.06. The number of nitrogens with one attached hydrogen (secondary N) is 1. The normalized spacial score (nSPS) is 11.2. The molecule has 0 atom stereocenters. The second-order valence-corrected chi connectivity index (χ2v) is 5.67. The third-order valence-corrected chi connectivity index (χ3v) is 3.34. The molecular formula is C11H15NO3S. The molecule has 0 radical (unpaired) electrons. The molecule has 1 rings (SSSR count). The van der Waals surface area contributed by atoms with Crippen LogP contribution in [0.3, 0.4) is 0 Å². The van der Waals surface area contributed by atoms with Crippen molar-refractivity contribution < 1.29 is 13.2 Å². The number of hydrogen-bond donors (Lipinski definition) is 1. The van der Waals surface area contributed by atoms with Gasteiger partial charge in [0.25, 0.3) is 0 Å². The van der Waals surface area contributed by atoms with E-state index in [2.05, 4.69) is 5.32 Å². The van der Waals surface area contributed by atoms with Crippen LogP contribution in [-0.2, 0) is 14.6 Å². The van der Waals surface area contributed by atoms with Gasteiger partial charge in [0.2, 0.25) is 5.91 Å². The lowest BCUT2D eigenvalue weighted by Gasteiger charge is -2.09. The number of rotatable bonds is 3. The average Bonchev–Trinajstić information content (AvgIpc) is 2.19. The zero-order valence-electron chi connectivity index (χ0n) is 9.57. The van der Waals surface area contributed by atoms with Crippen LogP contribution in [0.25, 0.3) is 0 Å². The Kier molecular flexibility index (Phi) is 3.70. The SMILES string of the molecule is CCC(=O)Nc1cc(S(C)(=O)=O)ccc1C. The molecule has 88 valence electrons. The molecule has 4 nitrogen and oxygen atoms in total. The van der Waals surface area contributed by atoms with Gasteiger partial charge in [-0.1, -0.05) is 13.0 Å². The number of anilines is 1. The maximum absolute atomic E-state index is 11.3. The van der Waals surface area contributed by atoms with Crippen LogP contribution in [0.5, 0.6) is 0 Å². The standard InChI is InChI=1S/C11H15NO3S/c1-4-11(13)12-10-7-9(16(3,14)15)6-5-8(10)2/h5-7H,4H2,1-3H3,(H,12,13). The molecule has 0 saturated carbocycles. The maximum atomic E-state index is 11.3. The van der Waals surface area contributed by atoms with E-state index < -0.39 is 9.84 Å². The van der Waals surface area contributed by atoms with E-state index in [4.69, 9.17) is 0 Å². The monoisotopic (exact) mass is 241 g/mol. The topological polar surface area (TPSA) is 63.2 Å². The molecule has 0 unspecified atom stereocenters. The smallest absolute Gasteiger partial charge is 0.224 e. The number of aryl methyl sites for hydroxylation is 1. The fourth-order valence-electron chi connectivity index (χ4n) is 1.21. The fraction of sp³-hybridized carbons (Fsp3) is 0.364. The Hall–Kier alpha value is -1.36. The third-order valence-electron chi connectivity index (χ3n) is 2.23. The molecule has 0 bridgehead atoms. The molecule has 0 saturated heterocycles. The minimum atomic E-state index is -3.24. The molecule has 0 aliphatic rings. The predicted molar refractivity (Wildman–Crippen MR) is 63.2 cm³/mol. The highest BCUT2D eigenvalue weighted by molar-refractivity contribution is 7.90. The van der Waals surface area contributed by atoms with Crippen molar-refractivity contribution in [2.45, 2.75) is 25.2 Å². The number of hydrogen-bond acceptors (Lipinski definition) is 3. The molecule has 5 heteroatoms. The van der Waals surface area contributed by atoms with Gasteiger partial charge < -0.3 is 5.32 Å². The van der Waals surface area contributed by atoms with E-state index in [1.54, 1.807) is 13.0 Å². The largest absolute Gasteiger partial charge is 0.326 e. The number of carbonyl (C=O) groups excluding carboxylic acids is 1. The summed E-state index contributed by atoms with van der Waals surface area (Å²) >= 11 is 0. The first-order valence-corrected chi connectivity index (χ1v) is 6.84. The minimum absolute atomic E-state index is 0.131. The van der Waals surface area contributed by atoms with Crippen LogP contribution >= 0.6 is 0 Å². The Morgan fingerprint density at radius 3 is 2.50 bits per heavy atom. The summed E-state index contributed by atoms with van der Waals surface area (Å²) in [6.07, 6.45) is 1.51. The van der Waals surface area contributed by atoms with E-state index in [1.165, 1.54) is 12.1 Å². The molecule has 0 aliphatic carbocycles. The van der Waals surface area contributed by atoms with E-state index >= 15 is 0 Å². The second kappa shape index (κ2) is 4.65. The van der Waals surface area contributed by atoms with E-state index in [0.717, 1.165) is 11.8 Å². The summed E-state index contributed by atoms with van der Waals surface area (Å²) in [6.45, 7) is 3.56. The first kappa shape index (κ1) is 12.7. The number of carbonyl (C=O) groups is 1. The first-order valence-electron chi connectivity index (χ1n) is 4.95. The minimum Gasteiger partial charge on any atom is -0.326 e. The fourth-order valence-corrected chi connectivity index (χ4v) is 1.85. The van der Waals surface area contributed by atoms with Gasteiger partial charge in [0.15, 0.2) is 9.84 Å². The Labute approximate surface area is 95.6 Å². The summed E-state index contributed by atoms with van der Waals surface area (Å²) in [5.74, 6) is -0.131. The Bertz CT molecular complexity index is 506. The molecular weight excluding hydrogens is 226 g/mol. The molecule has 0 heterocycles. The van der Waals surface area contributed by atoms with Gasteiger partial charge in [-0.15, -0.1) is 0 Å². The quantitative estimate of drug-likeness (QED) is 0.876. The van der Waals surface area contributed by atoms with Crippen LogP contribution in [0, 0.1) is 6.92 Å². The van der Waals surface area contributed by atoms with Gasteiger partial charge in [-0.05, 0) is 24.6 Å². The van der Waals surface area contributed by atoms with Crippen molar-refractivity contribution >= 4 is 21.4 Å². The second-order valence-electron chi connectivity index (χ2n) is 3.65. The molecule has 0 spiro atoms. The molecule has 1 N–H and O–H groups in total. The van der Waals surface area contributed by atoms with Gasteiger partial charge in [0.05, 0.1) is 4.90 Å². The Morgan fingerprint density at radius 2 is 2.00 bits per heavy atom. The van der Waals surface area contributed by atoms with Gasteiger partial charge in [-0.25, -0.2) is 8.42 Å². The number of sulfone groups is 1. The van der Waals surface area contributed by atoms with Crippen molar-refractivity contribution in [1.82, 2.24) is 0 Å². The summed E-state index contributed by atoms with van der Waals surface area (Å²) in [5, 5.41) is 2.67. The Balaban J connectivity index is 3.14. The van der Waals surface area contributed by atoms with Crippen molar-refractivity contribution in [3.05, 3.63) is 23.8 Å². The van der Waals surface area contributed by atoms with Crippen LogP contribution in [-0.4, -0.2) is 20.6 Å². The van der Waals surface area contributed by atoms with Crippen LogP contribution in [0.2, 0.25) is 0 Å². The van der Waals surface area contributed by atoms with Gasteiger partial charge in [-0.2, -0.15) is 0 Å². The van der Waals surface area contributed by atoms with Gasteiger partial charge in [-0.3, -0.25) is 4.79 Å². The van der Waals surface area contributed by atoms with Crippen LogP contribution in [0.15, 0.2) is 23.1 Å². The molecule has 1 aromatic carbocycles. The van der Waals surface area contributed by atoms with Gasteiger partial charge in [0, 0.05) is 18.4 Å². The summed E-state index contributed by atoms with van der Waals surface area (Å²) in [5.41, 5.74) is 1.39. The van der Waals surface area contributed by atoms with E-state index in [0.29, 0.717) is 12.1 Å². The lowest BCUT2D eigenvalue weighted by atomic mass is 10.2. The van der Waals surface area contributed by atoms with Gasteiger partial charge in [0.1, 0.15) is 0 Å². The van der Waals surface area contributed by atoms with Gasteiger partial charge >= 0.3 is 0 Å². The number of benzene rings is 1. The summed E-state index contributed by atoms with van der Waals surface area (Å²) in [4.78, 5) is 11.4. The highest BCUT2D eigenvalue weighted by Crippen LogP contribution is 2.20. The number of amides is 1. The molecule has 0 aliphatic heterocycles. The molecule has 0 fully saturated rings. The predicted octanol–water partition coefficient (Wildman–Crippen LogP) is 1.75. The van der Waals surface area contributed by atoms with Crippen molar-refractivity contribution in [2.75, 3.05) is 11.6 Å². The van der Waals surface area contributed by atoms with E-state index in [1.807, 2.05) is 6.92 Å². The van der Waals surface area contributed by atoms with Crippen LogP contribution in [0.4, 0.5) is 5.69 Å². The lowest BCUT2D eigenvalue weighted by Crippen LogP contribution is -2.11. The highest BCUT2D eigenvalue weighted by atomic mass is 32.2. The molecule has 1 amide bonds. The first-order chi connectivity index (χ1) is 7.34. The zero-order chi connectivity index (χ0) is 12.3. The lowest BCUT2D eigenvalue weighted by molar-refractivity contribution is -0.115. The van der Waals surface area contributed by atoms with E-state index in [9.17, 15) is 13.2 Å². The molecule has 0 aromatic heterocycles. The maximum Gasteiger partial charge on any atom is 0.224 e. The molecule has 1 aromatic rings. The van der Waals surface area contributed by atoms with Crippen molar-refractivity contribution in [2.24, 2.45) is 0 Å².